The third kappa shape index (κ3) is 4.50. The predicted molar refractivity (Wildman–Crippen MR) is 74.6 cm³/mol. The maximum atomic E-state index is 11.4. The normalized spacial score (nSPS) is 9.32. The number of esters is 1. The second-order valence-corrected chi connectivity index (χ2v) is 4.26. The van der Waals surface area contributed by atoms with Gasteiger partial charge in [0.2, 0.25) is 0 Å². The molecule has 0 aromatic heterocycles. The van der Waals surface area contributed by atoms with Crippen molar-refractivity contribution in [2.45, 2.75) is 6.61 Å². The topological polar surface area (TPSA) is 26.3 Å². The van der Waals surface area contributed by atoms with Crippen LogP contribution in [-0.2, 0) is 16.1 Å². The Bertz CT molecular complexity index is 607. The van der Waals surface area contributed by atoms with Gasteiger partial charge in [-0.25, -0.2) is 4.79 Å². The predicted octanol–water partition coefficient (Wildman–Crippen LogP) is 3.43. The largest absolute Gasteiger partial charge is 0.451 e. The summed E-state index contributed by atoms with van der Waals surface area (Å²) in [5, 5.41) is 0.652. The van der Waals surface area contributed by atoms with Crippen LogP contribution in [0.3, 0.4) is 0 Å². The number of rotatable bonds is 2. The number of halogens is 1. The third-order valence-electron chi connectivity index (χ3n) is 2.37. The molecule has 0 unspecified atom stereocenters. The van der Waals surface area contributed by atoms with Gasteiger partial charge in [-0.2, -0.15) is 0 Å². The van der Waals surface area contributed by atoms with Crippen molar-refractivity contribution < 1.29 is 9.53 Å². The van der Waals surface area contributed by atoms with Crippen LogP contribution in [0, 0.1) is 11.8 Å². The quantitative estimate of drug-likeness (QED) is 0.617. The zero-order chi connectivity index (χ0) is 13.5. The van der Waals surface area contributed by atoms with E-state index in [2.05, 4.69) is 11.8 Å². The van der Waals surface area contributed by atoms with Crippen molar-refractivity contribution >= 4 is 17.6 Å². The lowest BCUT2D eigenvalue weighted by Gasteiger charge is -2.00. The highest BCUT2D eigenvalue weighted by Crippen LogP contribution is 2.10. The monoisotopic (exact) mass is 270 g/mol. The summed E-state index contributed by atoms with van der Waals surface area (Å²) in [6, 6.07) is 16.4. The van der Waals surface area contributed by atoms with Gasteiger partial charge in [-0.15, -0.1) is 0 Å². The lowest BCUT2D eigenvalue weighted by molar-refractivity contribution is -0.137. The Morgan fingerprint density at radius 2 is 1.74 bits per heavy atom. The molecule has 0 amide bonds. The minimum Gasteiger partial charge on any atom is -0.451 e. The summed E-state index contributed by atoms with van der Waals surface area (Å²) in [5.41, 5.74) is 1.66. The molecule has 2 rings (SSSR count). The average Bonchev–Trinajstić information content (AvgIpc) is 2.45. The number of hydrogen-bond donors (Lipinski definition) is 0. The number of benzene rings is 2. The molecule has 2 nitrogen and oxygen atoms in total. The molecule has 0 radical (unpaired) electrons. The van der Waals surface area contributed by atoms with Crippen LogP contribution in [0.5, 0.6) is 0 Å². The highest BCUT2D eigenvalue weighted by Gasteiger charge is 1.99. The Balaban J connectivity index is 1.89. The van der Waals surface area contributed by atoms with E-state index in [1.165, 1.54) is 0 Å². The fourth-order valence-corrected chi connectivity index (χ4v) is 1.54. The first kappa shape index (κ1) is 13.2. The van der Waals surface area contributed by atoms with E-state index in [1.54, 1.807) is 24.3 Å². The van der Waals surface area contributed by atoms with Crippen LogP contribution in [-0.4, -0.2) is 5.97 Å². The number of carbonyl (C=O) groups excluding carboxylic acids is 1. The summed E-state index contributed by atoms with van der Waals surface area (Å²) in [6.07, 6.45) is 0. The molecule has 0 fully saturated rings. The Hall–Kier alpha value is -2.24. The Kier molecular flexibility index (Phi) is 4.60. The van der Waals surface area contributed by atoms with Gasteiger partial charge in [0.05, 0.1) is 0 Å². The van der Waals surface area contributed by atoms with Crippen LogP contribution in [0.1, 0.15) is 11.1 Å². The van der Waals surface area contributed by atoms with Crippen molar-refractivity contribution in [1.82, 2.24) is 0 Å². The minimum atomic E-state index is -0.543. The van der Waals surface area contributed by atoms with E-state index in [1.807, 2.05) is 30.3 Å². The molecular formula is C16H11ClO2. The summed E-state index contributed by atoms with van der Waals surface area (Å²) >= 11 is 5.76. The number of hydrogen-bond acceptors (Lipinski definition) is 2. The molecule has 0 heterocycles. The van der Waals surface area contributed by atoms with Gasteiger partial charge in [-0.1, -0.05) is 47.9 Å². The van der Waals surface area contributed by atoms with Gasteiger partial charge in [0, 0.05) is 16.5 Å². The van der Waals surface area contributed by atoms with Crippen molar-refractivity contribution in [3.63, 3.8) is 0 Å². The van der Waals surface area contributed by atoms with Crippen molar-refractivity contribution in [3.05, 3.63) is 70.7 Å². The first-order chi connectivity index (χ1) is 9.24. The Labute approximate surface area is 117 Å². The van der Waals surface area contributed by atoms with Crippen LogP contribution in [0.4, 0.5) is 0 Å². The Morgan fingerprint density at radius 3 is 2.42 bits per heavy atom. The minimum absolute atomic E-state index is 0.194. The standard InChI is InChI=1S/C16H11ClO2/c17-15-9-6-14(7-10-15)12-19-16(18)11-8-13-4-2-1-3-5-13/h1-7,9-10H,12H2. The molecule has 0 saturated carbocycles. The van der Waals surface area contributed by atoms with Crippen molar-refractivity contribution in [3.8, 4) is 11.8 Å². The van der Waals surface area contributed by atoms with E-state index >= 15 is 0 Å². The smallest absolute Gasteiger partial charge is 0.385 e. The molecule has 2 aromatic rings. The zero-order valence-corrected chi connectivity index (χ0v) is 10.9. The van der Waals surface area contributed by atoms with E-state index in [0.29, 0.717) is 5.02 Å². The van der Waals surface area contributed by atoms with Gasteiger partial charge >= 0.3 is 5.97 Å². The first-order valence-corrected chi connectivity index (χ1v) is 6.10. The van der Waals surface area contributed by atoms with Crippen LogP contribution >= 0.6 is 11.6 Å². The van der Waals surface area contributed by atoms with Gasteiger partial charge in [0.1, 0.15) is 6.61 Å². The van der Waals surface area contributed by atoms with Gasteiger partial charge in [-0.05, 0) is 29.8 Å². The Morgan fingerprint density at radius 1 is 1.05 bits per heavy atom. The number of ether oxygens (including phenoxy) is 1. The van der Waals surface area contributed by atoms with Crippen molar-refractivity contribution in [2.24, 2.45) is 0 Å². The van der Waals surface area contributed by atoms with E-state index in [9.17, 15) is 4.79 Å². The fourth-order valence-electron chi connectivity index (χ4n) is 1.41. The maximum Gasteiger partial charge on any atom is 0.385 e. The van der Waals surface area contributed by atoms with Gasteiger partial charge < -0.3 is 4.74 Å². The summed E-state index contributed by atoms with van der Waals surface area (Å²) < 4.78 is 5.03. The van der Waals surface area contributed by atoms with Crippen LogP contribution in [0.15, 0.2) is 54.6 Å². The highest BCUT2D eigenvalue weighted by molar-refractivity contribution is 6.30. The molecule has 0 N–H and O–H groups in total. The van der Waals surface area contributed by atoms with Crippen LogP contribution in [0.2, 0.25) is 5.02 Å². The molecule has 0 aliphatic rings. The zero-order valence-electron chi connectivity index (χ0n) is 10.1. The van der Waals surface area contributed by atoms with Crippen molar-refractivity contribution in [1.29, 1.82) is 0 Å². The summed E-state index contributed by atoms with van der Waals surface area (Å²) in [4.78, 5) is 11.4. The third-order valence-corrected chi connectivity index (χ3v) is 2.62. The van der Waals surface area contributed by atoms with Crippen LogP contribution in [0.25, 0.3) is 0 Å². The molecule has 0 bridgehead atoms. The summed E-state index contributed by atoms with van der Waals surface area (Å²) in [6.45, 7) is 0.194. The first-order valence-electron chi connectivity index (χ1n) is 5.72. The lowest BCUT2D eigenvalue weighted by Crippen LogP contribution is -2.01. The SMILES string of the molecule is O=C(C#Cc1ccccc1)OCc1ccc(Cl)cc1. The molecule has 0 aliphatic carbocycles. The summed E-state index contributed by atoms with van der Waals surface area (Å²) in [7, 11) is 0. The van der Waals surface area contributed by atoms with Gasteiger partial charge in [0.25, 0.3) is 0 Å². The van der Waals surface area contributed by atoms with Gasteiger partial charge in [-0.3, -0.25) is 0 Å². The molecule has 0 aliphatic heterocycles. The second kappa shape index (κ2) is 6.63. The average molecular weight is 271 g/mol. The van der Waals surface area contributed by atoms with Crippen molar-refractivity contribution in [2.75, 3.05) is 0 Å². The molecule has 0 atom stereocenters. The summed E-state index contributed by atoms with van der Waals surface area (Å²) in [5.74, 6) is 4.64. The van der Waals surface area contributed by atoms with E-state index in [0.717, 1.165) is 11.1 Å². The van der Waals surface area contributed by atoms with E-state index in [4.69, 9.17) is 16.3 Å². The van der Waals surface area contributed by atoms with Crippen LogP contribution < -0.4 is 0 Å². The molecule has 19 heavy (non-hydrogen) atoms. The molecule has 0 saturated heterocycles. The molecule has 94 valence electrons. The molecular weight excluding hydrogens is 260 g/mol. The van der Waals surface area contributed by atoms with E-state index < -0.39 is 5.97 Å². The highest BCUT2D eigenvalue weighted by atomic mass is 35.5. The second-order valence-electron chi connectivity index (χ2n) is 3.82. The van der Waals surface area contributed by atoms with E-state index in [-0.39, 0.29) is 6.61 Å². The van der Waals surface area contributed by atoms with Gasteiger partial charge in [0.15, 0.2) is 0 Å². The molecule has 2 aromatic carbocycles. The lowest BCUT2D eigenvalue weighted by atomic mass is 10.2. The number of carbonyl (C=O) groups is 1. The molecule has 3 heteroatoms. The maximum absolute atomic E-state index is 11.4. The molecule has 0 spiro atoms. The fraction of sp³-hybridized carbons (Fsp3) is 0.0625.